The molecule has 0 fully saturated rings. The lowest BCUT2D eigenvalue weighted by Gasteiger charge is -2.16. The number of para-hydroxylation sites is 1. The first-order valence-corrected chi connectivity index (χ1v) is 6.83. The van der Waals surface area contributed by atoms with Crippen molar-refractivity contribution in [3.05, 3.63) is 29.8 Å². The predicted octanol–water partition coefficient (Wildman–Crippen LogP) is 1.08. The number of benzene rings is 1. The Labute approximate surface area is 125 Å². The Bertz CT molecular complexity index is 489. The molecule has 0 aliphatic heterocycles. The first kappa shape index (κ1) is 17.1. The highest BCUT2D eigenvalue weighted by molar-refractivity contribution is 6.04. The molecule has 116 valence electrons. The summed E-state index contributed by atoms with van der Waals surface area (Å²) in [7, 11) is 4.93. The van der Waals surface area contributed by atoms with Crippen molar-refractivity contribution in [2.45, 2.75) is 18.9 Å². The molecule has 0 spiro atoms. The van der Waals surface area contributed by atoms with Crippen LogP contribution in [0.5, 0.6) is 0 Å². The summed E-state index contributed by atoms with van der Waals surface area (Å²) in [5, 5.41) is 2.72. The van der Waals surface area contributed by atoms with E-state index in [4.69, 9.17) is 10.5 Å². The first-order valence-electron chi connectivity index (χ1n) is 6.83. The molecule has 0 aliphatic carbocycles. The van der Waals surface area contributed by atoms with E-state index in [0.29, 0.717) is 30.7 Å². The molecular formula is C15H23N3O3. The number of carbonyl (C=O) groups excluding carboxylic acids is 2. The van der Waals surface area contributed by atoms with Gasteiger partial charge in [-0.15, -0.1) is 0 Å². The SMILES string of the molecule is COCCCC(N)C(=O)Nc1ccccc1C(=O)N(C)C. The molecule has 0 radical (unpaired) electrons. The van der Waals surface area contributed by atoms with Crippen molar-refractivity contribution >= 4 is 17.5 Å². The summed E-state index contributed by atoms with van der Waals surface area (Å²) in [5.74, 6) is -0.469. The van der Waals surface area contributed by atoms with Gasteiger partial charge >= 0.3 is 0 Å². The van der Waals surface area contributed by atoms with E-state index in [9.17, 15) is 9.59 Å². The van der Waals surface area contributed by atoms with Crippen LogP contribution in [0.2, 0.25) is 0 Å². The molecule has 1 atom stereocenters. The van der Waals surface area contributed by atoms with Gasteiger partial charge < -0.3 is 20.7 Å². The minimum absolute atomic E-state index is 0.168. The van der Waals surface area contributed by atoms with Crippen molar-refractivity contribution in [3.8, 4) is 0 Å². The van der Waals surface area contributed by atoms with E-state index in [1.54, 1.807) is 45.5 Å². The fourth-order valence-electron chi connectivity index (χ4n) is 1.82. The van der Waals surface area contributed by atoms with Crippen LogP contribution in [-0.2, 0) is 9.53 Å². The maximum atomic E-state index is 12.1. The Kier molecular flexibility index (Phi) is 6.84. The second-order valence-electron chi connectivity index (χ2n) is 4.98. The van der Waals surface area contributed by atoms with E-state index >= 15 is 0 Å². The Morgan fingerprint density at radius 3 is 2.62 bits per heavy atom. The van der Waals surface area contributed by atoms with Crippen LogP contribution in [0.3, 0.4) is 0 Å². The second kappa shape index (κ2) is 8.39. The molecule has 0 bridgehead atoms. The number of nitrogens with zero attached hydrogens (tertiary/aromatic N) is 1. The van der Waals surface area contributed by atoms with Gasteiger partial charge in [-0.2, -0.15) is 0 Å². The van der Waals surface area contributed by atoms with Crippen LogP contribution >= 0.6 is 0 Å². The molecule has 0 saturated heterocycles. The lowest BCUT2D eigenvalue weighted by molar-refractivity contribution is -0.117. The fraction of sp³-hybridized carbons (Fsp3) is 0.467. The zero-order valence-corrected chi connectivity index (χ0v) is 12.8. The number of hydrogen-bond donors (Lipinski definition) is 2. The topological polar surface area (TPSA) is 84.7 Å². The number of nitrogens with two attached hydrogens (primary N) is 1. The van der Waals surface area contributed by atoms with Gasteiger partial charge in [-0.3, -0.25) is 9.59 Å². The number of methoxy groups -OCH3 is 1. The Morgan fingerprint density at radius 1 is 1.33 bits per heavy atom. The molecule has 0 aliphatic rings. The third-order valence-electron chi connectivity index (χ3n) is 3.02. The quantitative estimate of drug-likeness (QED) is 0.737. The largest absolute Gasteiger partial charge is 0.385 e. The molecule has 1 unspecified atom stereocenters. The normalized spacial score (nSPS) is 11.8. The van der Waals surface area contributed by atoms with E-state index < -0.39 is 6.04 Å². The van der Waals surface area contributed by atoms with Crippen molar-refractivity contribution in [2.24, 2.45) is 5.73 Å². The molecule has 6 nitrogen and oxygen atoms in total. The number of rotatable bonds is 7. The van der Waals surface area contributed by atoms with Crippen LogP contribution in [-0.4, -0.2) is 50.6 Å². The molecule has 0 saturated carbocycles. The molecule has 0 aromatic heterocycles. The van der Waals surface area contributed by atoms with Crippen LogP contribution in [0, 0.1) is 0 Å². The van der Waals surface area contributed by atoms with Gasteiger partial charge in [0.2, 0.25) is 5.91 Å². The maximum absolute atomic E-state index is 12.1. The summed E-state index contributed by atoms with van der Waals surface area (Å²) >= 11 is 0. The van der Waals surface area contributed by atoms with E-state index in [0.717, 1.165) is 0 Å². The highest BCUT2D eigenvalue weighted by Crippen LogP contribution is 2.17. The van der Waals surface area contributed by atoms with Crippen LogP contribution in [0.25, 0.3) is 0 Å². The smallest absolute Gasteiger partial charge is 0.255 e. The lowest BCUT2D eigenvalue weighted by Crippen LogP contribution is -2.36. The fourth-order valence-corrected chi connectivity index (χ4v) is 1.82. The summed E-state index contributed by atoms with van der Waals surface area (Å²) in [5.41, 5.74) is 6.75. The summed E-state index contributed by atoms with van der Waals surface area (Å²) in [6.07, 6.45) is 1.24. The van der Waals surface area contributed by atoms with Gasteiger partial charge in [-0.1, -0.05) is 12.1 Å². The van der Waals surface area contributed by atoms with Gasteiger partial charge in [0.15, 0.2) is 0 Å². The first-order chi connectivity index (χ1) is 9.97. The van der Waals surface area contributed by atoms with Crippen molar-refractivity contribution in [1.82, 2.24) is 4.90 Å². The molecule has 1 aromatic carbocycles. The van der Waals surface area contributed by atoms with Crippen LogP contribution < -0.4 is 11.1 Å². The average molecular weight is 293 g/mol. The van der Waals surface area contributed by atoms with Crippen LogP contribution in [0.1, 0.15) is 23.2 Å². The average Bonchev–Trinajstić information content (AvgIpc) is 2.47. The Morgan fingerprint density at radius 2 is 2.00 bits per heavy atom. The minimum Gasteiger partial charge on any atom is -0.385 e. The molecule has 1 rings (SSSR count). The monoisotopic (exact) mass is 293 g/mol. The van der Waals surface area contributed by atoms with Gasteiger partial charge in [0, 0.05) is 27.8 Å². The molecule has 3 N–H and O–H groups in total. The highest BCUT2D eigenvalue weighted by atomic mass is 16.5. The Balaban J connectivity index is 2.74. The molecule has 1 aromatic rings. The number of nitrogens with one attached hydrogen (secondary N) is 1. The van der Waals surface area contributed by atoms with Crippen molar-refractivity contribution in [1.29, 1.82) is 0 Å². The van der Waals surface area contributed by atoms with Crippen molar-refractivity contribution in [3.63, 3.8) is 0 Å². The summed E-state index contributed by atoms with van der Waals surface area (Å²) < 4.78 is 4.93. The van der Waals surface area contributed by atoms with E-state index in [1.807, 2.05) is 0 Å². The van der Waals surface area contributed by atoms with Gasteiger partial charge in [-0.05, 0) is 25.0 Å². The zero-order valence-electron chi connectivity index (χ0n) is 12.8. The maximum Gasteiger partial charge on any atom is 0.255 e. The molecule has 2 amide bonds. The standard InChI is InChI=1S/C15H23N3O3/c1-18(2)15(20)11-7-4-5-9-13(11)17-14(19)12(16)8-6-10-21-3/h4-5,7,9,12H,6,8,10,16H2,1-3H3,(H,17,19). The second-order valence-corrected chi connectivity index (χ2v) is 4.98. The predicted molar refractivity (Wildman–Crippen MR) is 82.2 cm³/mol. The minimum atomic E-state index is -0.623. The summed E-state index contributed by atoms with van der Waals surface area (Å²) in [6.45, 7) is 0.566. The number of carbonyl (C=O) groups is 2. The zero-order chi connectivity index (χ0) is 15.8. The molecular weight excluding hydrogens is 270 g/mol. The van der Waals surface area contributed by atoms with E-state index in [-0.39, 0.29) is 11.8 Å². The third-order valence-corrected chi connectivity index (χ3v) is 3.02. The van der Waals surface area contributed by atoms with Crippen molar-refractivity contribution < 1.29 is 14.3 Å². The highest BCUT2D eigenvalue weighted by Gasteiger charge is 2.17. The van der Waals surface area contributed by atoms with Crippen LogP contribution in [0.15, 0.2) is 24.3 Å². The summed E-state index contributed by atoms with van der Waals surface area (Å²) in [6, 6.07) is 6.26. The number of amides is 2. The van der Waals surface area contributed by atoms with Crippen LogP contribution in [0.4, 0.5) is 5.69 Å². The van der Waals surface area contributed by atoms with Gasteiger partial charge in [0.05, 0.1) is 17.3 Å². The number of anilines is 1. The third kappa shape index (κ3) is 5.17. The van der Waals surface area contributed by atoms with Gasteiger partial charge in [-0.25, -0.2) is 0 Å². The van der Waals surface area contributed by atoms with E-state index in [2.05, 4.69) is 5.32 Å². The molecule has 21 heavy (non-hydrogen) atoms. The van der Waals surface area contributed by atoms with Gasteiger partial charge in [0.25, 0.3) is 5.91 Å². The molecule has 0 heterocycles. The lowest BCUT2D eigenvalue weighted by atomic mass is 10.1. The number of hydrogen-bond acceptors (Lipinski definition) is 4. The van der Waals surface area contributed by atoms with E-state index in [1.165, 1.54) is 4.90 Å². The molecule has 6 heteroatoms. The Hall–Kier alpha value is -1.92. The van der Waals surface area contributed by atoms with Gasteiger partial charge in [0.1, 0.15) is 0 Å². The summed E-state index contributed by atoms with van der Waals surface area (Å²) in [4.78, 5) is 25.6. The number of ether oxygens (including phenoxy) is 1. The van der Waals surface area contributed by atoms with Crippen molar-refractivity contribution in [2.75, 3.05) is 33.1 Å².